The van der Waals surface area contributed by atoms with Gasteiger partial charge in [0.1, 0.15) is 0 Å². The lowest BCUT2D eigenvalue weighted by atomic mass is 10.2. The maximum atomic E-state index is 5.78. The third-order valence-corrected chi connectivity index (χ3v) is 2.94. The van der Waals surface area contributed by atoms with Crippen molar-refractivity contribution in [3.63, 3.8) is 0 Å². The summed E-state index contributed by atoms with van der Waals surface area (Å²) >= 11 is 0. The fourth-order valence-corrected chi connectivity index (χ4v) is 1.70. The highest BCUT2D eigenvalue weighted by molar-refractivity contribution is 14.0. The first-order chi connectivity index (χ1) is 9.63. The van der Waals surface area contributed by atoms with E-state index >= 15 is 0 Å². The summed E-state index contributed by atoms with van der Waals surface area (Å²) in [4.78, 5) is 8.58. The molecule has 0 aliphatic rings. The Morgan fingerprint density at radius 2 is 2.10 bits per heavy atom. The lowest BCUT2D eigenvalue weighted by molar-refractivity contribution is 0.371. The van der Waals surface area contributed by atoms with E-state index < -0.39 is 0 Å². The Hall–Kier alpha value is -0.860. The second kappa shape index (κ2) is 11.8. The van der Waals surface area contributed by atoms with Gasteiger partial charge in [-0.15, -0.1) is 24.0 Å². The average molecular weight is 409 g/mol. The highest BCUT2D eigenvalue weighted by Gasteiger charge is 2.08. The molecule has 0 unspecified atom stereocenters. The third kappa shape index (κ3) is 8.90. The number of aromatic nitrogens is 2. The summed E-state index contributed by atoms with van der Waals surface area (Å²) in [6.07, 6.45) is 5.47. The predicted molar refractivity (Wildman–Crippen MR) is 96.1 cm³/mol. The Kier molecular flexibility index (Phi) is 11.3. The van der Waals surface area contributed by atoms with Crippen LogP contribution >= 0.6 is 24.0 Å². The summed E-state index contributed by atoms with van der Waals surface area (Å²) in [5.41, 5.74) is 5.78. The largest absolute Gasteiger partial charge is 0.370 e. The van der Waals surface area contributed by atoms with Gasteiger partial charge in [-0.25, -0.2) is 0 Å². The average Bonchev–Trinajstić information content (AvgIpc) is 2.87. The Bertz CT molecular complexity index is 406. The minimum absolute atomic E-state index is 0. The molecule has 1 rings (SSSR count). The van der Waals surface area contributed by atoms with E-state index in [0.717, 1.165) is 18.8 Å². The molecule has 0 aromatic carbocycles. The van der Waals surface area contributed by atoms with Gasteiger partial charge >= 0.3 is 0 Å². The van der Waals surface area contributed by atoms with Gasteiger partial charge < -0.3 is 15.6 Å². The molecule has 3 N–H and O–H groups in total. The number of aliphatic imine (C=N–C) groups is 1. The molecule has 0 saturated heterocycles. The van der Waals surface area contributed by atoms with Crippen LogP contribution in [0.15, 0.2) is 9.52 Å². The van der Waals surface area contributed by atoms with E-state index in [1.165, 1.54) is 19.3 Å². The molecule has 7 heteroatoms. The molecule has 0 spiro atoms. The van der Waals surface area contributed by atoms with Crippen molar-refractivity contribution in [2.45, 2.75) is 58.8 Å². The molecule has 0 amide bonds. The SMILES string of the molecule is CCCCCCN=C(N)NCCc1nc(C(C)C)no1.I. The van der Waals surface area contributed by atoms with Crippen LogP contribution in [0.4, 0.5) is 0 Å². The fourth-order valence-electron chi connectivity index (χ4n) is 1.70. The smallest absolute Gasteiger partial charge is 0.228 e. The van der Waals surface area contributed by atoms with E-state index in [9.17, 15) is 0 Å². The number of unbranched alkanes of at least 4 members (excludes halogenated alkanes) is 3. The molecule has 122 valence electrons. The molecule has 0 atom stereocenters. The minimum atomic E-state index is 0. The number of hydrogen-bond acceptors (Lipinski definition) is 4. The topological polar surface area (TPSA) is 89.3 Å². The molecule has 1 heterocycles. The lowest BCUT2D eigenvalue weighted by Crippen LogP contribution is -2.33. The van der Waals surface area contributed by atoms with Crippen LogP contribution in [0.25, 0.3) is 0 Å². The Labute approximate surface area is 144 Å². The monoisotopic (exact) mass is 409 g/mol. The first-order valence-corrected chi connectivity index (χ1v) is 7.49. The van der Waals surface area contributed by atoms with Gasteiger partial charge in [-0.3, -0.25) is 4.99 Å². The summed E-state index contributed by atoms with van der Waals surface area (Å²) in [7, 11) is 0. The molecule has 0 aliphatic heterocycles. The second-order valence-corrected chi connectivity index (χ2v) is 5.21. The van der Waals surface area contributed by atoms with Crippen molar-refractivity contribution in [3.8, 4) is 0 Å². The molecule has 0 radical (unpaired) electrons. The molecule has 0 bridgehead atoms. The maximum Gasteiger partial charge on any atom is 0.228 e. The van der Waals surface area contributed by atoms with E-state index in [4.69, 9.17) is 10.3 Å². The van der Waals surface area contributed by atoms with Crippen LogP contribution in [0.1, 0.15) is 64.1 Å². The fraction of sp³-hybridized carbons (Fsp3) is 0.786. The highest BCUT2D eigenvalue weighted by atomic mass is 127. The molecule has 0 fully saturated rings. The standard InChI is InChI=1S/C14H27N5O.HI/c1-4-5-6-7-9-16-14(15)17-10-8-12-18-13(11(2)3)19-20-12;/h11H,4-10H2,1-3H3,(H3,15,16,17);1H. The number of hydrogen-bond donors (Lipinski definition) is 2. The zero-order chi connectivity index (χ0) is 14.8. The summed E-state index contributed by atoms with van der Waals surface area (Å²) in [6.45, 7) is 7.72. The summed E-state index contributed by atoms with van der Waals surface area (Å²) in [6, 6.07) is 0. The Morgan fingerprint density at radius 3 is 2.71 bits per heavy atom. The van der Waals surface area contributed by atoms with E-state index in [1.54, 1.807) is 0 Å². The Morgan fingerprint density at radius 1 is 1.33 bits per heavy atom. The normalized spacial score (nSPS) is 11.5. The number of halogens is 1. The quantitative estimate of drug-likeness (QED) is 0.283. The van der Waals surface area contributed by atoms with Crippen molar-refractivity contribution >= 4 is 29.9 Å². The zero-order valence-corrected chi connectivity index (χ0v) is 15.6. The van der Waals surface area contributed by atoms with Gasteiger partial charge in [0.2, 0.25) is 5.89 Å². The van der Waals surface area contributed by atoms with Crippen LogP contribution in [0.2, 0.25) is 0 Å². The molecule has 21 heavy (non-hydrogen) atoms. The molecule has 1 aromatic rings. The van der Waals surface area contributed by atoms with Crippen LogP contribution in [-0.2, 0) is 6.42 Å². The molecule has 1 aromatic heterocycles. The molecule has 6 nitrogen and oxygen atoms in total. The number of nitrogens with two attached hydrogens (primary N) is 1. The van der Waals surface area contributed by atoms with Gasteiger partial charge in [-0.1, -0.05) is 45.2 Å². The first-order valence-electron chi connectivity index (χ1n) is 7.49. The maximum absolute atomic E-state index is 5.78. The van der Waals surface area contributed by atoms with Gasteiger partial charge in [0.15, 0.2) is 11.8 Å². The van der Waals surface area contributed by atoms with Crippen molar-refractivity contribution in [2.24, 2.45) is 10.7 Å². The van der Waals surface area contributed by atoms with Crippen molar-refractivity contribution in [1.82, 2.24) is 15.5 Å². The van der Waals surface area contributed by atoms with E-state index in [1.807, 2.05) is 13.8 Å². The molecular formula is C14H28IN5O. The van der Waals surface area contributed by atoms with Gasteiger partial charge in [-0.05, 0) is 6.42 Å². The Balaban J connectivity index is 0.00000400. The van der Waals surface area contributed by atoms with Crippen molar-refractivity contribution in [2.75, 3.05) is 13.1 Å². The summed E-state index contributed by atoms with van der Waals surface area (Å²) in [5.74, 6) is 2.16. The predicted octanol–water partition coefficient (Wildman–Crippen LogP) is 2.84. The van der Waals surface area contributed by atoms with Crippen LogP contribution < -0.4 is 11.1 Å². The van der Waals surface area contributed by atoms with Gasteiger partial charge in [0.05, 0.1) is 0 Å². The van der Waals surface area contributed by atoms with Gasteiger partial charge in [0, 0.05) is 25.4 Å². The number of rotatable bonds is 9. The van der Waals surface area contributed by atoms with Crippen LogP contribution in [0.5, 0.6) is 0 Å². The second-order valence-electron chi connectivity index (χ2n) is 5.21. The van der Waals surface area contributed by atoms with E-state index in [0.29, 0.717) is 24.8 Å². The molecule has 0 saturated carbocycles. The third-order valence-electron chi connectivity index (χ3n) is 2.94. The summed E-state index contributed by atoms with van der Waals surface area (Å²) < 4.78 is 5.15. The summed E-state index contributed by atoms with van der Waals surface area (Å²) in [5, 5.41) is 6.98. The zero-order valence-electron chi connectivity index (χ0n) is 13.3. The number of nitrogens with one attached hydrogen (secondary N) is 1. The van der Waals surface area contributed by atoms with Gasteiger partial charge in [0.25, 0.3) is 0 Å². The van der Waals surface area contributed by atoms with E-state index in [2.05, 4.69) is 27.4 Å². The number of guanidine groups is 1. The highest BCUT2D eigenvalue weighted by Crippen LogP contribution is 2.09. The lowest BCUT2D eigenvalue weighted by Gasteiger charge is -2.03. The molecular weight excluding hydrogens is 381 g/mol. The number of nitrogens with zero attached hydrogens (tertiary/aromatic N) is 3. The first kappa shape index (κ1) is 20.1. The minimum Gasteiger partial charge on any atom is -0.370 e. The molecule has 0 aliphatic carbocycles. The van der Waals surface area contributed by atoms with Crippen molar-refractivity contribution in [3.05, 3.63) is 11.7 Å². The van der Waals surface area contributed by atoms with Crippen LogP contribution in [0, 0.1) is 0 Å². The van der Waals surface area contributed by atoms with E-state index in [-0.39, 0.29) is 29.9 Å². The van der Waals surface area contributed by atoms with Gasteiger partial charge in [-0.2, -0.15) is 4.98 Å². The van der Waals surface area contributed by atoms with Crippen molar-refractivity contribution < 1.29 is 4.52 Å². The van der Waals surface area contributed by atoms with Crippen molar-refractivity contribution in [1.29, 1.82) is 0 Å². The van der Waals surface area contributed by atoms with Crippen LogP contribution in [0.3, 0.4) is 0 Å². The van der Waals surface area contributed by atoms with Crippen LogP contribution in [-0.4, -0.2) is 29.2 Å².